The summed E-state index contributed by atoms with van der Waals surface area (Å²) in [6.07, 6.45) is 0.304. The standard InChI is InChI=1S/C18H26N2O5/c1-12(2)9-15(18(23)24)20-17(22)16(19-13(3)21)11-25-10-14-7-5-4-6-8-14/h4-8,12,15-16H,9-11H2,1-3H3,(H,19,21)(H,20,22)(H,23,24)/t15-,16-/m0/s1. The van der Waals surface area contributed by atoms with Crippen LogP contribution in [-0.2, 0) is 25.7 Å². The van der Waals surface area contributed by atoms with Crippen molar-refractivity contribution in [3.8, 4) is 0 Å². The molecule has 0 spiro atoms. The maximum atomic E-state index is 12.3. The molecule has 0 aliphatic carbocycles. The lowest BCUT2D eigenvalue weighted by atomic mass is 10.0. The largest absolute Gasteiger partial charge is 0.480 e. The fourth-order valence-electron chi connectivity index (χ4n) is 2.26. The Kier molecular flexibility index (Phi) is 8.63. The zero-order valence-electron chi connectivity index (χ0n) is 14.8. The first kappa shape index (κ1) is 20.6. The summed E-state index contributed by atoms with van der Waals surface area (Å²) in [6.45, 7) is 5.28. The van der Waals surface area contributed by atoms with Crippen molar-refractivity contribution in [2.24, 2.45) is 5.92 Å². The summed E-state index contributed by atoms with van der Waals surface area (Å²) in [7, 11) is 0. The van der Waals surface area contributed by atoms with Gasteiger partial charge in [0.1, 0.15) is 12.1 Å². The van der Waals surface area contributed by atoms with Gasteiger partial charge in [0.25, 0.3) is 0 Å². The molecule has 0 aliphatic heterocycles. The molecule has 0 heterocycles. The molecular weight excluding hydrogens is 324 g/mol. The van der Waals surface area contributed by atoms with Crippen LogP contribution in [0.1, 0.15) is 32.8 Å². The van der Waals surface area contributed by atoms with E-state index in [2.05, 4.69) is 10.6 Å². The molecule has 0 bridgehead atoms. The van der Waals surface area contributed by atoms with Crippen molar-refractivity contribution in [1.29, 1.82) is 0 Å². The van der Waals surface area contributed by atoms with Gasteiger partial charge < -0.3 is 20.5 Å². The molecule has 0 saturated carbocycles. The number of ether oxygens (including phenoxy) is 1. The summed E-state index contributed by atoms with van der Waals surface area (Å²) in [5.74, 6) is -1.96. The van der Waals surface area contributed by atoms with Crippen LogP contribution in [0.15, 0.2) is 30.3 Å². The number of carbonyl (C=O) groups excluding carboxylic acids is 2. The number of nitrogens with one attached hydrogen (secondary N) is 2. The molecule has 2 amide bonds. The smallest absolute Gasteiger partial charge is 0.326 e. The minimum atomic E-state index is -1.10. The summed E-state index contributed by atoms with van der Waals surface area (Å²) >= 11 is 0. The number of benzene rings is 1. The van der Waals surface area contributed by atoms with Crippen LogP contribution >= 0.6 is 0 Å². The number of rotatable bonds is 10. The van der Waals surface area contributed by atoms with Gasteiger partial charge in [-0.2, -0.15) is 0 Å². The van der Waals surface area contributed by atoms with Crippen molar-refractivity contribution in [2.45, 2.75) is 45.9 Å². The molecule has 25 heavy (non-hydrogen) atoms. The molecule has 0 radical (unpaired) electrons. The van der Waals surface area contributed by atoms with E-state index < -0.39 is 24.0 Å². The number of carbonyl (C=O) groups is 3. The Bertz CT molecular complexity index is 574. The summed E-state index contributed by atoms with van der Waals surface area (Å²) in [4.78, 5) is 35.0. The van der Waals surface area contributed by atoms with Crippen LogP contribution in [0, 0.1) is 5.92 Å². The normalized spacial score (nSPS) is 13.1. The summed E-state index contributed by atoms with van der Waals surface area (Å²) in [5.41, 5.74) is 0.938. The van der Waals surface area contributed by atoms with Crippen LogP contribution in [0.3, 0.4) is 0 Å². The van der Waals surface area contributed by atoms with Gasteiger partial charge in [0.2, 0.25) is 11.8 Å². The Morgan fingerprint density at radius 2 is 1.72 bits per heavy atom. The lowest BCUT2D eigenvalue weighted by Crippen LogP contribution is -2.53. The predicted octanol–water partition coefficient (Wildman–Crippen LogP) is 1.32. The Morgan fingerprint density at radius 3 is 2.24 bits per heavy atom. The quantitative estimate of drug-likeness (QED) is 0.590. The second-order valence-electron chi connectivity index (χ2n) is 6.28. The van der Waals surface area contributed by atoms with Crippen molar-refractivity contribution in [3.05, 3.63) is 35.9 Å². The van der Waals surface area contributed by atoms with Crippen LogP contribution in [0.5, 0.6) is 0 Å². The third-order valence-corrected chi connectivity index (χ3v) is 3.41. The van der Waals surface area contributed by atoms with Crippen LogP contribution in [0.4, 0.5) is 0 Å². The maximum absolute atomic E-state index is 12.3. The van der Waals surface area contributed by atoms with Crippen LogP contribution in [0.25, 0.3) is 0 Å². The van der Waals surface area contributed by atoms with Gasteiger partial charge in [-0.05, 0) is 17.9 Å². The SMILES string of the molecule is CC(=O)N[C@@H](COCc1ccccc1)C(=O)N[C@@H](CC(C)C)C(=O)O. The Morgan fingerprint density at radius 1 is 1.08 bits per heavy atom. The number of hydrogen-bond acceptors (Lipinski definition) is 4. The predicted molar refractivity (Wildman–Crippen MR) is 92.7 cm³/mol. The van der Waals surface area contributed by atoms with Gasteiger partial charge >= 0.3 is 5.97 Å². The molecule has 0 unspecified atom stereocenters. The highest BCUT2D eigenvalue weighted by molar-refractivity contribution is 5.90. The number of amides is 2. The van der Waals surface area contributed by atoms with E-state index in [0.29, 0.717) is 13.0 Å². The second-order valence-corrected chi connectivity index (χ2v) is 6.28. The molecule has 0 fully saturated rings. The second kappa shape index (κ2) is 10.5. The fraction of sp³-hybridized carbons (Fsp3) is 0.500. The first-order chi connectivity index (χ1) is 11.8. The number of carboxylic acid groups (broad SMARTS) is 1. The van der Waals surface area contributed by atoms with Crippen molar-refractivity contribution in [2.75, 3.05) is 6.61 Å². The van der Waals surface area contributed by atoms with Crippen molar-refractivity contribution in [1.82, 2.24) is 10.6 Å². The number of carboxylic acids is 1. The van der Waals surface area contributed by atoms with Gasteiger partial charge in [0.05, 0.1) is 13.2 Å². The van der Waals surface area contributed by atoms with Crippen LogP contribution in [-0.4, -0.2) is 41.6 Å². The molecule has 7 nitrogen and oxygen atoms in total. The van der Waals surface area contributed by atoms with E-state index in [1.807, 2.05) is 44.2 Å². The lowest BCUT2D eigenvalue weighted by molar-refractivity contribution is -0.143. The number of hydrogen-bond donors (Lipinski definition) is 3. The highest BCUT2D eigenvalue weighted by atomic mass is 16.5. The lowest BCUT2D eigenvalue weighted by Gasteiger charge is -2.22. The highest BCUT2D eigenvalue weighted by Gasteiger charge is 2.26. The van der Waals surface area contributed by atoms with E-state index in [0.717, 1.165) is 5.56 Å². The Hall–Kier alpha value is -2.41. The van der Waals surface area contributed by atoms with Crippen molar-refractivity contribution >= 4 is 17.8 Å². The average molecular weight is 350 g/mol. The minimum Gasteiger partial charge on any atom is -0.480 e. The topological polar surface area (TPSA) is 105 Å². The first-order valence-electron chi connectivity index (χ1n) is 8.21. The van der Waals surface area contributed by atoms with Gasteiger partial charge in [-0.3, -0.25) is 9.59 Å². The molecule has 1 rings (SSSR count). The van der Waals surface area contributed by atoms with Gasteiger partial charge in [-0.25, -0.2) is 4.79 Å². The molecule has 3 N–H and O–H groups in total. The Labute approximate surface area is 147 Å². The third kappa shape index (κ3) is 8.30. The van der Waals surface area contributed by atoms with Crippen LogP contribution in [0.2, 0.25) is 0 Å². The van der Waals surface area contributed by atoms with Crippen molar-refractivity contribution < 1.29 is 24.2 Å². The maximum Gasteiger partial charge on any atom is 0.326 e. The molecule has 1 aromatic rings. The molecular formula is C18H26N2O5. The summed E-state index contributed by atoms with van der Waals surface area (Å²) in [6, 6.07) is 7.46. The number of aliphatic carboxylic acids is 1. The minimum absolute atomic E-state index is 0.0473. The van der Waals surface area contributed by atoms with E-state index in [9.17, 15) is 19.5 Å². The summed E-state index contributed by atoms with van der Waals surface area (Å²) in [5, 5.41) is 14.2. The molecule has 0 aliphatic rings. The fourth-order valence-corrected chi connectivity index (χ4v) is 2.26. The zero-order chi connectivity index (χ0) is 18.8. The van der Waals surface area contributed by atoms with Crippen LogP contribution < -0.4 is 10.6 Å². The first-order valence-corrected chi connectivity index (χ1v) is 8.21. The van der Waals surface area contributed by atoms with E-state index in [-0.39, 0.29) is 18.4 Å². The van der Waals surface area contributed by atoms with Gasteiger partial charge in [-0.1, -0.05) is 44.2 Å². The molecule has 2 atom stereocenters. The van der Waals surface area contributed by atoms with Gasteiger partial charge in [0.15, 0.2) is 0 Å². The Balaban J connectivity index is 2.64. The molecule has 1 aromatic carbocycles. The van der Waals surface area contributed by atoms with E-state index >= 15 is 0 Å². The van der Waals surface area contributed by atoms with E-state index in [4.69, 9.17) is 4.74 Å². The zero-order valence-corrected chi connectivity index (χ0v) is 14.8. The third-order valence-electron chi connectivity index (χ3n) is 3.41. The van der Waals surface area contributed by atoms with Gasteiger partial charge in [-0.15, -0.1) is 0 Å². The summed E-state index contributed by atoms with van der Waals surface area (Å²) < 4.78 is 5.50. The van der Waals surface area contributed by atoms with Gasteiger partial charge in [0, 0.05) is 6.92 Å². The van der Waals surface area contributed by atoms with Crippen molar-refractivity contribution in [3.63, 3.8) is 0 Å². The highest BCUT2D eigenvalue weighted by Crippen LogP contribution is 2.06. The molecule has 0 saturated heterocycles. The monoisotopic (exact) mass is 350 g/mol. The molecule has 7 heteroatoms. The average Bonchev–Trinajstić information content (AvgIpc) is 2.53. The molecule has 0 aromatic heterocycles. The molecule has 138 valence electrons. The van der Waals surface area contributed by atoms with E-state index in [1.54, 1.807) is 0 Å². The van der Waals surface area contributed by atoms with E-state index in [1.165, 1.54) is 6.92 Å².